The van der Waals surface area contributed by atoms with Gasteiger partial charge in [0.15, 0.2) is 0 Å². The monoisotopic (exact) mass is 243 g/mol. The van der Waals surface area contributed by atoms with Crippen LogP contribution in [-0.4, -0.2) is 30.0 Å². The lowest BCUT2D eigenvalue weighted by Gasteiger charge is -2.07. The average molecular weight is 244 g/mol. The molecule has 5 heteroatoms. The molecular formula is C11H18ClN3O. The molecular weight excluding hydrogens is 226 g/mol. The number of halogens is 1. The van der Waals surface area contributed by atoms with Crippen LogP contribution in [0.1, 0.15) is 19.0 Å². The van der Waals surface area contributed by atoms with E-state index in [4.69, 9.17) is 22.1 Å². The van der Waals surface area contributed by atoms with Gasteiger partial charge in [0, 0.05) is 7.11 Å². The highest BCUT2D eigenvalue weighted by Crippen LogP contribution is 2.23. The summed E-state index contributed by atoms with van der Waals surface area (Å²) in [5.74, 6) is 0. The Morgan fingerprint density at radius 2 is 2.44 bits per heavy atom. The van der Waals surface area contributed by atoms with Crippen LogP contribution in [-0.2, 0) is 11.3 Å². The molecule has 0 saturated heterocycles. The first-order chi connectivity index (χ1) is 7.70. The summed E-state index contributed by atoms with van der Waals surface area (Å²) in [6.07, 6.45) is 4.58. The van der Waals surface area contributed by atoms with Crippen molar-refractivity contribution in [2.45, 2.75) is 19.9 Å². The lowest BCUT2D eigenvalue weighted by molar-refractivity contribution is 0.183. The van der Waals surface area contributed by atoms with Gasteiger partial charge in [-0.25, -0.2) is 0 Å². The minimum Gasteiger partial charge on any atom is -0.383 e. The molecule has 0 spiro atoms. The topological polar surface area (TPSA) is 53.1 Å². The van der Waals surface area contributed by atoms with Crippen molar-refractivity contribution in [3.63, 3.8) is 0 Å². The van der Waals surface area contributed by atoms with Crippen LogP contribution in [0.15, 0.2) is 12.3 Å². The number of rotatable bonds is 6. The molecule has 0 aliphatic carbocycles. The van der Waals surface area contributed by atoms with E-state index in [1.54, 1.807) is 13.3 Å². The Balaban J connectivity index is 2.87. The summed E-state index contributed by atoms with van der Waals surface area (Å²) in [6.45, 7) is 3.98. The number of ether oxygens (including phenoxy) is 1. The van der Waals surface area contributed by atoms with E-state index in [-0.39, 0.29) is 0 Å². The van der Waals surface area contributed by atoms with E-state index in [0.717, 1.165) is 17.7 Å². The van der Waals surface area contributed by atoms with Gasteiger partial charge in [0.25, 0.3) is 0 Å². The zero-order valence-electron chi connectivity index (χ0n) is 9.74. The van der Waals surface area contributed by atoms with Crippen LogP contribution in [0.2, 0.25) is 5.02 Å². The summed E-state index contributed by atoms with van der Waals surface area (Å²) < 4.78 is 6.88. The summed E-state index contributed by atoms with van der Waals surface area (Å²) in [4.78, 5) is 0. The van der Waals surface area contributed by atoms with Gasteiger partial charge in [0.2, 0.25) is 0 Å². The molecule has 1 heterocycles. The summed E-state index contributed by atoms with van der Waals surface area (Å²) in [5.41, 5.74) is 7.52. The van der Waals surface area contributed by atoms with E-state index in [9.17, 15) is 0 Å². The van der Waals surface area contributed by atoms with Crippen molar-refractivity contribution in [3.8, 4) is 0 Å². The predicted octanol–water partition coefficient (Wildman–Crippen LogP) is 1.93. The number of nitrogens with two attached hydrogens (primary N) is 1. The first-order valence-corrected chi connectivity index (χ1v) is 5.66. The molecule has 0 fully saturated rings. The zero-order chi connectivity index (χ0) is 12.0. The van der Waals surface area contributed by atoms with Crippen molar-refractivity contribution in [3.05, 3.63) is 23.0 Å². The third-order valence-corrected chi connectivity index (χ3v) is 2.57. The molecule has 0 unspecified atom stereocenters. The summed E-state index contributed by atoms with van der Waals surface area (Å²) in [5, 5.41) is 4.88. The largest absolute Gasteiger partial charge is 0.383 e. The van der Waals surface area contributed by atoms with Crippen molar-refractivity contribution in [1.82, 2.24) is 9.78 Å². The second-order valence-corrected chi connectivity index (χ2v) is 3.93. The summed E-state index contributed by atoms with van der Waals surface area (Å²) >= 11 is 6.10. The zero-order valence-corrected chi connectivity index (χ0v) is 10.5. The minimum atomic E-state index is 0.620. The average Bonchev–Trinajstić information content (AvgIpc) is 2.64. The van der Waals surface area contributed by atoms with Crippen LogP contribution in [0, 0.1) is 0 Å². The van der Waals surface area contributed by atoms with Gasteiger partial charge in [-0.2, -0.15) is 5.10 Å². The van der Waals surface area contributed by atoms with Crippen LogP contribution in [0.25, 0.3) is 5.57 Å². The standard InChI is InChI=1S/C11H18ClN3O/c1-9(4-3-5-13)11-10(12)8-14-15(11)6-7-16-2/h4,8H,3,5-7,13H2,1-2H3. The Morgan fingerprint density at radius 1 is 1.69 bits per heavy atom. The van der Waals surface area contributed by atoms with Crippen LogP contribution in [0.4, 0.5) is 0 Å². The Kier molecular flexibility index (Phi) is 5.52. The number of aromatic nitrogens is 2. The molecule has 1 aromatic heterocycles. The van der Waals surface area contributed by atoms with Gasteiger partial charge in [-0.1, -0.05) is 17.7 Å². The van der Waals surface area contributed by atoms with Gasteiger partial charge in [-0.05, 0) is 25.5 Å². The highest BCUT2D eigenvalue weighted by Gasteiger charge is 2.10. The third-order valence-electron chi connectivity index (χ3n) is 2.29. The Hall–Kier alpha value is -0.840. The second kappa shape index (κ2) is 6.68. The van der Waals surface area contributed by atoms with Crippen molar-refractivity contribution < 1.29 is 4.74 Å². The maximum absolute atomic E-state index is 6.10. The van der Waals surface area contributed by atoms with Crippen LogP contribution in [0.5, 0.6) is 0 Å². The maximum atomic E-state index is 6.10. The lowest BCUT2D eigenvalue weighted by atomic mass is 10.2. The lowest BCUT2D eigenvalue weighted by Crippen LogP contribution is -2.09. The number of hydrogen-bond acceptors (Lipinski definition) is 3. The predicted molar refractivity (Wildman–Crippen MR) is 66.4 cm³/mol. The SMILES string of the molecule is COCCn1ncc(Cl)c1C(C)=CCCN. The molecule has 1 rings (SSSR count). The van der Waals surface area contributed by atoms with E-state index in [2.05, 4.69) is 11.2 Å². The smallest absolute Gasteiger partial charge is 0.0862 e. The Morgan fingerprint density at radius 3 is 3.06 bits per heavy atom. The third kappa shape index (κ3) is 3.33. The van der Waals surface area contributed by atoms with E-state index in [0.29, 0.717) is 24.7 Å². The molecule has 0 aliphatic heterocycles. The van der Waals surface area contributed by atoms with Gasteiger partial charge >= 0.3 is 0 Å². The normalized spacial score (nSPS) is 12.1. The molecule has 0 atom stereocenters. The molecule has 4 nitrogen and oxygen atoms in total. The summed E-state index contributed by atoms with van der Waals surface area (Å²) in [6, 6.07) is 0. The fourth-order valence-corrected chi connectivity index (χ4v) is 1.79. The summed E-state index contributed by atoms with van der Waals surface area (Å²) in [7, 11) is 1.67. The second-order valence-electron chi connectivity index (χ2n) is 3.52. The number of methoxy groups -OCH3 is 1. The van der Waals surface area contributed by atoms with Gasteiger partial charge < -0.3 is 10.5 Å². The highest BCUT2D eigenvalue weighted by molar-refractivity contribution is 6.32. The number of allylic oxidation sites excluding steroid dienone is 1. The van der Waals surface area contributed by atoms with Crippen molar-refractivity contribution >= 4 is 17.2 Å². The van der Waals surface area contributed by atoms with Crippen LogP contribution < -0.4 is 5.73 Å². The van der Waals surface area contributed by atoms with Gasteiger partial charge in [0.1, 0.15) is 0 Å². The highest BCUT2D eigenvalue weighted by atomic mass is 35.5. The molecule has 0 saturated carbocycles. The Bertz CT molecular complexity index is 360. The first kappa shape index (κ1) is 13.2. The van der Waals surface area contributed by atoms with Crippen molar-refractivity contribution in [2.24, 2.45) is 5.73 Å². The number of hydrogen-bond donors (Lipinski definition) is 1. The molecule has 90 valence electrons. The molecule has 2 N–H and O–H groups in total. The minimum absolute atomic E-state index is 0.620. The van der Waals surface area contributed by atoms with Crippen molar-refractivity contribution in [2.75, 3.05) is 20.3 Å². The van der Waals surface area contributed by atoms with E-state index in [1.807, 2.05) is 11.6 Å². The maximum Gasteiger partial charge on any atom is 0.0862 e. The number of nitrogens with zero attached hydrogens (tertiary/aromatic N) is 2. The van der Waals surface area contributed by atoms with Gasteiger partial charge in [-0.15, -0.1) is 0 Å². The molecule has 0 radical (unpaired) electrons. The Labute approximate surface area is 101 Å². The fourth-order valence-electron chi connectivity index (χ4n) is 1.50. The van der Waals surface area contributed by atoms with E-state index in [1.165, 1.54) is 0 Å². The molecule has 0 amide bonds. The molecule has 1 aromatic rings. The fraction of sp³-hybridized carbons (Fsp3) is 0.545. The van der Waals surface area contributed by atoms with Crippen LogP contribution >= 0.6 is 11.6 Å². The quantitative estimate of drug-likeness (QED) is 0.831. The van der Waals surface area contributed by atoms with Gasteiger partial charge in [-0.3, -0.25) is 4.68 Å². The molecule has 0 aromatic carbocycles. The van der Waals surface area contributed by atoms with Gasteiger partial charge in [0.05, 0.1) is 30.1 Å². The van der Waals surface area contributed by atoms with E-state index < -0.39 is 0 Å². The molecule has 0 aliphatic rings. The van der Waals surface area contributed by atoms with Crippen molar-refractivity contribution in [1.29, 1.82) is 0 Å². The van der Waals surface area contributed by atoms with E-state index >= 15 is 0 Å². The molecule has 0 bridgehead atoms. The first-order valence-electron chi connectivity index (χ1n) is 5.28. The molecule has 16 heavy (non-hydrogen) atoms. The van der Waals surface area contributed by atoms with Crippen LogP contribution in [0.3, 0.4) is 0 Å².